The number of benzene rings is 2. The first-order chi connectivity index (χ1) is 14.0. The van der Waals surface area contributed by atoms with Crippen LogP contribution in [-0.4, -0.2) is 24.7 Å². The number of ether oxygens (including phenoxy) is 1. The van der Waals surface area contributed by atoms with Crippen LogP contribution < -0.4 is 15.4 Å². The number of hydrogen-bond acceptors (Lipinski definition) is 5. The van der Waals surface area contributed by atoms with E-state index in [1.54, 1.807) is 31.4 Å². The van der Waals surface area contributed by atoms with Crippen LogP contribution in [0.4, 0.5) is 5.69 Å². The molecule has 0 unspecified atom stereocenters. The Bertz CT molecular complexity index is 993. The molecule has 148 valence electrons. The number of nitrogens with zero attached hydrogens (tertiary/aromatic N) is 1. The second-order valence-electron chi connectivity index (χ2n) is 6.58. The van der Waals surface area contributed by atoms with Crippen LogP contribution in [-0.2, 0) is 9.59 Å². The Hall–Kier alpha value is -3.24. The average Bonchev–Trinajstić information content (AvgIpc) is 2.72. The van der Waals surface area contributed by atoms with Crippen molar-refractivity contribution in [1.29, 1.82) is 5.26 Å². The molecule has 1 atom stereocenters. The zero-order chi connectivity index (χ0) is 20.8. The highest BCUT2D eigenvalue weighted by atomic mass is 32.2. The summed E-state index contributed by atoms with van der Waals surface area (Å²) >= 11 is 1.16. The Morgan fingerprint density at radius 3 is 2.66 bits per heavy atom. The maximum Gasteiger partial charge on any atom is 0.234 e. The Morgan fingerprint density at radius 1 is 1.28 bits per heavy atom. The maximum atomic E-state index is 12.3. The van der Waals surface area contributed by atoms with Gasteiger partial charge in [0.15, 0.2) is 0 Å². The fourth-order valence-electron chi connectivity index (χ4n) is 3.19. The second kappa shape index (κ2) is 9.30. The molecule has 29 heavy (non-hydrogen) atoms. The van der Waals surface area contributed by atoms with Gasteiger partial charge in [0.25, 0.3) is 0 Å². The maximum absolute atomic E-state index is 12.3. The lowest BCUT2D eigenvalue weighted by molar-refractivity contribution is -0.121. The number of nitriles is 1. The lowest BCUT2D eigenvalue weighted by Gasteiger charge is -2.26. The summed E-state index contributed by atoms with van der Waals surface area (Å²) in [6.07, 6.45) is 0.218. The molecule has 0 saturated heterocycles. The number of hydrogen-bond donors (Lipinski definition) is 2. The van der Waals surface area contributed by atoms with Gasteiger partial charge in [-0.15, -0.1) is 0 Å². The normalized spacial score (nSPS) is 16.0. The van der Waals surface area contributed by atoms with Crippen LogP contribution in [0.5, 0.6) is 5.75 Å². The van der Waals surface area contributed by atoms with Crippen molar-refractivity contribution in [3.05, 3.63) is 70.3 Å². The molecule has 6 nitrogen and oxygen atoms in total. The van der Waals surface area contributed by atoms with E-state index in [1.165, 1.54) is 0 Å². The van der Waals surface area contributed by atoms with Gasteiger partial charge in [0, 0.05) is 18.0 Å². The number of anilines is 1. The lowest BCUT2D eigenvalue weighted by atomic mass is 9.85. The number of aryl methyl sites for hydroxylation is 1. The first-order valence-corrected chi connectivity index (χ1v) is 10.1. The van der Waals surface area contributed by atoms with E-state index in [-0.39, 0.29) is 29.9 Å². The number of allylic oxidation sites excluding steroid dienone is 1. The zero-order valence-electron chi connectivity index (χ0n) is 16.2. The van der Waals surface area contributed by atoms with Crippen LogP contribution >= 0.6 is 11.8 Å². The number of thioether (sulfide) groups is 1. The molecular formula is C22H21N3O3S. The van der Waals surface area contributed by atoms with E-state index >= 15 is 0 Å². The molecule has 0 spiro atoms. The molecule has 0 radical (unpaired) electrons. The largest absolute Gasteiger partial charge is 0.497 e. The molecule has 1 aliphatic rings. The summed E-state index contributed by atoms with van der Waals surface area (Å²) in [6.45, 7) is 1.96. The number of methoxy groups -OCH3 is 1. The topological polar surface area (TPSA) is 91.2 Å². The first-order valence-electron chi connectivity index (χ1n) is 9.08. The van der Waals surface area contributed by atoms with Gasteiger partial charge in [0.2, 0.25) is 11.8 Å². The first kappa shape index (κ1) is 20.5. The van der Waals surface area contributed by atoms with Crippen LogP contribution in [0.15, 0.2) is 59.1 Å². The summed E-state index contributed by atoms with van der Waals surface area (Å²) in [5, 5.41) is 15.7. The van der Waals surface area contributed by atoms with Crippen LogP contribution in [0.2, 0.25) is 0 Å². The summed E-state index contributed by atoms with van der Waals surface area (Å²) in [4.78, 5) is 24.6. The van der Waals surface area contributed by atoms with E-state index < -0.39 is 0 Å². The quantitative estimate of drug-likeness (QED) is 0.762. The molecule has 0 fully saturated rings. The molecule has 1 aliphatic heterocycles. The van der Waals surface area contributed by atoms with Crippen molar-refractivity contribution in [2.24, 2.45) is 0 Å². The zero-order valence-corrected chi connectivity index (χ0v) is 17.0. The van der Waals surface area contributed by atoms with Gasteiger partial charge in [-0.3, -0.25) is 9.59 Å². The van der Waals surface area contributed by atoms with E-state index in [9.17, 15) is 14.9 Å². The third-order valence-corrected chi connectivity index (χ3v) is 5.66. The molecular weight excluding hydrogens is 386 g/mol. The van der Waals surface area contributed by atoms with Crippen LogP contribution in [0, 0.1) is 18.3 Å². The summed E-state index contributed by atoms with van der Waals surface area (Å²) in [5.41, 5.74) is 3.12. The number of carbonyl (C=O) groups is 2. The highest BCUT2D eigenvalue weighted by Crippen LogP contribution is 2.37. The van der Waals surface area contributed by atoms with Gasteiger partial charge in [0.05, 0.1) is 29.5 Å². The molecule has 2 aromatic carbocycles. The second-order valence-corrected chi connectivity index (χ2v) is 7.57. The van der Waals surface area contributed by atoms with Crippen LogP contribution in [0.25, 0.3) is 0 Å². The summed E-state index contributed by atoms with van der Waals surface area (Å²) in [7, 11) is 1.58. The molecule has 2 N–H and O–H groups in total. The van der Waals surface area contributed by atoms with Gasteiger partial charge in [-0.25, -0.2) is 0 Å². The van der Waals surface area contributed by atoms with Crippen molar-refractivity contribution in [1.82, 2.24) is 5.32 Å². The molecule has 2 aromatic rings. The van der Waals surface area contributed by atoms with Gasteiger partial charge in [0.1, 0.15) is 5.75 Å². The molecule has 0 aromatic heterocycles. The molecule has 0 aliphatic carbocycles. The lowest BCUT2D eigenvalue weighted by Crippen LogP contribution is -2.31. The minimum Gasteiger partial charge on any atom is -0.497 e. The van der Waals surface area contributed by atoms with E-state index in [0.29, 0.717) is 22.0 Å². The summed E-state index contributed by atoms with van der Waals surface area (Å²) < 4.78 is 5.10. The van der Waals surface area contributed by atoms with Crippen molar-refractivity contribution in [2.45, 2.75) is 19.3 Å². The summed E-state index contributed by atoms with van der Waals surface area (Å²) in [5.74, 6) is 0.0934. The highest BCUT2D eigenvalue weighted by Gasteiger charge is 2.30. The van der Waals surface area contributed by atoms with Gasteiger partial charge < -0.3 is 15.4 Å². The monoisotopic (exact) mass is 407 g/mol. The van der Waals surface area contributed by atoms with Gasteiger partial charge in [-0.2, -0.15) is 5.26 Å². The Kier molecular flexibility index (Phi) is 6.57. The number of amides is 2. The molecule has 2 amide bonds. The molecule has 0 saturated carbocycles. The van der Waals surface area contributed by atoms with Gasteiger partial charge in [-0.05, 0) is 42.3 Å². The van der Waals surface area contributed by atoms with E-state index in [0.717, 1.165) is 22.9 Å². The number of rotatable bonds is 6. The van der Waals surface area contributed by atoms with Crippen molar-refractivity contribution in [3.8, 4) is 11.8 Å². The SMILES string of the molecule is COc1ccc(NC(=O)CSC2=C(C#N)[C@H](c3ccccc3C)CC(=O)N2)cc1. The third kappa shape index (κ3) is 4.98. The third-order valence-electron chi connectivity index (χ3n) is 4.64. The van der Waals surface area contributed by atoms with Crippen molar-refractivity contribution in [3.63, 3.8) is 0 Å². The minimum atomic E-state index is -0.304. The molecule has 0 bridgehead atoms. The van der Waals surface area contributed by atoms with Crippen molar-refractivity contribution in [2.75, 3.05) is 18.2 Å². The average molecular weight is 407 g/mol. The minimum absolute atomic E-state index is 0.0767. The Labute approximate surface area is 173 Å². The smallest absolute Gasteiger partial charge is 0.234 e. The Balaban J connectivity index is 1.73. The van der Waals surface area contributed by atoms with Crippen LogP contribution in [0.3, 0.4) is 0 Å². The molecule has 3 rings (SSSR count). The van der Waals surface area contributed by atoms with Crippen LogP contribution in [0.1, 0.15) is 23.5 Å². The van der Waals surface area contributed by atoms with Gasteiger partial charge in [-0.1, -0.05) is 36.0 Å². The molecule has 7 heteroatoms. The standard InChI is InChI=1S/C22H21N3O3S/c1-14-5-3-4-6-17(14)18-11-20(26)25-22(19(18)12-23)29-13-21(27)24-15-7-9-16(28-2)10-8-15/h3-10,18H,11,13H2,1-2H3,(H,24,27)(H,25,26)/t18-/m0/s1. The predicted octanol–water partition coefficient (Wildman–Crippen LogP) is 3.71. The highest BCUT2D eigenvalue weighted by molar-refractivity contribution is 8.03. The summed E-state index contributed by atoms with van der Waals surface area (Å²) in [6, 6.07) is 17.0. The van der Waals surface area contributed by atoms with Crippen molar-refractivity contribution < 1.29 is 14.3 Å². The number of carbonyl (C=O) groups excluding carboxylic acids is 2. The van der Waals surface area contributed by atoms with E-state index in [2.05, 4.69) is 16.7 Å². The van der Waals surface area contributed by atoms with Crippen molar-refractivity contribution >= 4 is 29.3 Å². The molecule has 1 heterocycles. The van der Waals surface area contributed by atoms with E-state index in [1.807, 2.05) is 31.2 Å². The van der Waals surface area contributed by atoms with Gasteiger partial charge >= 0.3 is 0 Å². The predicted molar refractivity (Wildman–Crippen MR) is 113 cm³/mol. The fraction of sp³-hybridized carbons (Fsp3) is 0.227. The number of nitrogens with one attached hydrogen (secondary N) is 2. The fourth-order valence-corrected chi connectivity index (χ4v) is 4.06. The Morgan fingerprint density at radius 2 is 2.00 bits per heavy atom. The van der Waals surface area contributed by atoms with E-state index in [4.69, 9.17) is 4.74 Å².